The minimum Gasteiger partial charge on any atom is -0.366 e. The van der Waals surface area contributed by atoms with E-state index in [0.29, 0.717) is 17.8 Å². The van der Waals surface area contributed by atoms with Gasteiger partial charge in [-0.05, 0) is 31.0 Å². The molecule has 1 saturated carbocycles. The number of fused-ring (bicyclic) bond motifs is 1. The average Bonchev–Trinajstić information content (AvgIpc) is 2.46. The topological polar surface area (TPSA) is 15.3 Å². The van der Waals surface area contributed by atoms with Crippen LogP contribution in [0.15, 0.2) is 24.3 Å². The summed E-state index contributed by atoms with van der Waals surface area (Å²) in [5, 5.41) is 3.50. The molecule has 1 aromatic carbocycles. The Morgan fingerprint density at radius 1 is 1.15 bits per heavy atom. The van der Waals surface area contributed by atoms with Crippen molar-refractivity contribution >= 4 is 5.69 Å². The highest BCUT2D eigenvalue weighted by molar-refractivity contribution is 5.51. The molecule has 0 bridgehead atoms. The van der Waals surface area contributed by atoms with E-state index < -0.39 is 11.7 Å². The molecule has 0 aromatic heterocycles. The van der Waals surface area contributed by atoms with Crippen molar-refractivity contribution in [2.45, 2.75) is 43.9 Å². The van der Waals surface area contributed by atoms with Gasteiger partial charge in [0.15, 0.2) is 0 Å². The van der Waals surface area contributed by atoms with Crippen LogP contribution in [-0.2, 0) is 6.18 Å². The van der Waals surface area contributed by atoms with Crippen LogP contribution in [-0.4, -0.2) is 25.2 Å². The second-order valence-corrected chi connectivity index (χ2v) is 5.65. The Morgan fingerprint density at radius 3 is 2.75 bits per heavy atom. The van der Waals surface area contributed by atoms with Crippen LogP contribution in [0.5, 0.6) is 0 Å². The molecule has 110 valence electrons. The van der Waals surface area contributed by atoms with Gasteiger partial charge in [-0.1, -0.05) is 18.9 Å². The Hall–Kier alpha value is -1.23. The first-order valence-electron chi connectivity index (χ1n) is 7.23. The van der Waals surface area contributed by atoms with Crippen molar-refractivity contribution in [2.75, 3.05) is 18.0 Å². The number of anilines is 1. The predicted molar refractivity (Wildman–Crippen MR) is 72.8 cm³/mol. The van der Waals surface area contributed by atoms with Gasteiger partial charge >= 0.3 is 6.18 Å². The summed E-state index contributed by atoms with van der Waals surface area (Å²) in [5.41, 5.74) is 0.152. The van der Waals surface area contributed by atoms with Crippen LogP contribution in [0, 0.1) is 0 Å². The molecule has 1 aromatic rings. The molecule has 2 nitrogen and oxygen atoms in total. The van der Waals surface area contributed by atoms with Crippen LogP contribution in [0.25, 0.3) is 0 Å². The lowest BCUT2D eigenvalue weighted by Crippen LogP contribution is -2.59. The fourth-order valence-electron chi connectivity index (χ4n) is 3.44. The Kier molecular flexibility index (Phi) is 3.63. The van der Waals surface area contributed by atoms with Gasteiger partial charge in [0.2, 0.25) is 0 Å². The van der Waals surface area contributed by atoms with Crippen LogP contribution in [0.4, 0.5) is 18.9 Å². The lowest BCUT2D eigenvalue weighted by atomic mass is 9.87. The van der Waals surface area contributed by atoms with Gasteiger partial charge in [0, 0.05) is 30.9 Å². The van der Waals surface area contributed by atoms with E-state index in [-0.39, 0.29) is 0 Å². The van der Waals surface area contributed by atoms with E-state index in [2.05, 4.69) is 10.2 Å². The van der Waals surface area contributed by atoms with Gasteiger partial charge in [-0.15, -0.1) is 0 Å². The number of hydrogen-bond acceptors (Lipinski definition) is 2. The number of benzene rings is 1. The monoisotopic (exact) mass is 284 g/mol. The molecule has 2 atom stereocenters. The third-order valence-corrected chi connectivity index (χ3v) is 4.39. The van der Waals surface area contributed by atoms with E-state index in [0.717, 1.165) is 38.4 Å². The minimum absolute atomic E-state index is 0.334. The first kappa shape index (κ1) is 13.7. The standard InChI is InChI=1S/C15H19F3N2/c16-15(17,18)11-4-3-5-12(10-11)20-9-8-19-13-6-1-2-7-14(13)20/h3-5,10,13-14,19H,1-2,6-9H2/t13-,14-/m0/s1. The number of nitrogens with one attached hydrogen (secondary N) is 1. The lowest BCUT2D eigenvalue weighted by Gasteiger charge is -2.46. The molecule has 0 amide bonds. The van der Waals surface area contributed by atoms with Crippen molar-refractivity contribution in [1.82, 2.24) is 5.32 Å². The first-order valence-corrected chi connectivity index (χ1v) is 7.23. The van der Waals surface area contributed by atoms with Gasteiger partial charge in [0.25, 0.3) is 0 Å². The van der Waals surface area contributed by atoms with Gasteiger partial charge < -0.3 is 10.2 Å². The SMILES string of the molecule is FC(F)(F)c1cccc(N2CCN[C@H]3CCCC[C@@H]32)c1. The fourth-order valence-corrected chi connectivity index (χ4v) is 3.44. The highest BCUT2D eigenvalue weighted by Crippen LogP contribution is 2.34. The Morgan fingerprint density at radius 2 is 1.95 bits per heavy atom. The van der Waals surface area contributed by atoms with Crippen LogP contribution >= 0.6 is 0 Å². The first-order chi connectivity index (χ1) is 9.55. The maximum absolute atomic E-state index is 12.8. The van der Waals surface area contributed by atoms with E-state index in [1.807, 2.05) is 0 Å². The summed E-state index contributed by atoms with van der Waals surface area (Å²) in [4.78, 5) is 2.16. The summed E-state index contributed by atoms with van der Waals surface area (Å²) >= 11 is 0. The molecular weight excluding hydrogens is 265 g/mol. The molecule has 1 saturated heterocycles. The molecule has 1 heterocycles. The van der Waals surface area contributed by atoms with Gasteiger partial charge in [-0.25, -0.2) is 0 Å². The molecule has 3 rings (SSSR count). The Labute approximate surface area is 117 Å². The van der Waals surface area contributed by atoms with Crippen LogP contribution in [0.3, 0.4) is 0 Å². The summed E-state index contributed by atoms with van der Waals surface area (Å²) in [6, 6.07) is 6.50. The average molecular weight is 284 g/mol. The summed E-state index contributed by atoms with van der Waals surface area (Å²) < 4.78 is 38.5. The van der Waals surface area contributed by atoms with Crippen molar-refractivity contribution in [3.05, 3.63) is 29.8 Å². The van der Waals surface area contributed by atoms with E-state index in [9.17, 15) is 13.2 Å². The summed E-state index contributed by atoms with van der Waals surface area (Å²) in [6.45, 7) is 1.62. The molecule has 1 aliphatic carbocycles. The Bertz CT molecular complexity index is 470. The lowest BCUT2D eigenvalue weighted by molar-refractivity contribution is -0.137. The molecule has 5 heteroatoms. The molecule has 1 aliphatic heterocycles. The quantitative estimate of drug-likeness (QED) is 0.850. The third kappa shape index (κ3) is 2.64. The van der Waals surface area contributed by atoms with Crippen LogP contribution in [0.2, 0.25) is 0 Å². The van der Waals surface area contributed by atoms with Crippen LogP contribution in [0.1, 0.15) is 31.2 Å². The van der Waals surface area contributed by atoms with Crippen molar-refractivity contribution < 1.29 is 13.2 Å². The van der Waals surface area contributed by atoms with Crippen molar-refractivity contribution in [3.63, 3.8) is 0 Å². The molecular formula is C15H19F3N2. The number of piperazine rings is 1. The fraction of sp³-hybridized carbons (Fsp3) is 0.600. The maximum Gasteiger partial charge on any atom is 0.416 e. The normalized spacial score (nSPS) is 27.2. The van der Waals surface area contributed by atoms with Gasteiger partial charge in [0.1, 0.15) is 0 Å². The number of rotatable bonds is 1. The summed E-state index contributed by atoms with van der Waals surface area (Å²) in [7, 11) is 0. The zero-order valence-corrected chi connectivity index (χ0v) is 11.3. The minimum atomic E-state index is -4.27. The predicted octanol–water partition coefficient (Wildman–Crippen LogP) is 3.43. The molecule has 2 aliphatic rings. The van der Waals surface area contributed by atoms with Crippen molar-refractivity contribution in [2.24, 2.45) is 0 Å². The van der Waals surface area contributed by atoms with E-state index >= 15 is 0 Å². The molecule has 0 unspecified atom stereocenters. The smallest absolute Gasteiger partial charge is 0.366 e. The number of nitrogens with zero attached hydrogens (tertiary/aromatic N) is 1. The molecule has 0 spiro atoms. The molecule has 2 fully saturated rings. The second kappa shape index (κ2) is 5.28. The van der Waals surface area contributed by atoms with Crippen LogP contribution < -0.4 is 10.2 Å². The second-order valence-electron chi connectivity index (χ2n) is 5.65. The number of halogens is 3. The van der Waals surface area contributed by atoms with E-state index in [1.165, 1.54) is 18.6 Å². The zero-order chi connectivity index (χ0) is 14.2. The third-order valence-electron chi connectivity index (χ3n) is 4.39. The Balaban J connectivity index is 1.87. The molecule has 0 radical (unpaired) electrons. The van der Waals surface area contributed by atoms with Gasteiger partial charge in [0.05, 0.1) is 5.56 Å². The van der Waals surface area contributed by atoms with Gasteiger partial charge in [-0.2, -0.15) is 13.2 Å². The van der Waals surface area contributed by atoms with E-state index in [1.54, 1.807) is 6.07 Å². The largest absolute Gasteiger partial charge is 0.416 e. The molecule has 20 heavy (non-hydrogen) atoms. The van der Waals surface area contributed by atoms with Crippen molar-refractivity contribution in [1.29, 1.82) is 0 Å². The highest BCUT2D eigenvalue weighted by atomic mass is 19.4. The summed E-state index contributed by atoms with van der Waals surface area (Å²) in [5.74, 6) is 0. The zero-order valence-electron chi connectivity index (χ0n) is 11.3. The highest BCUT2D eigenvalue weighted by Gasteiger charge is 2.35. The summed E-state index contributed by atoms with van der Waals surface area (Å²) in [6.07, 6.45) is 0.299. The number of alkyl halides is 3. The van der Waals surface area contributed by atoms with Crippen molar-refractivity contribution in [3.8, 4) is 0 Å². The molecule has 1 N–H and O–H groups in total. The van der Waals surface area contributed by atoms with Gasteiger partial charge in [-0.3, -0.25) is 0 Å². The maximum atomic E-state index is 12.8. The van der Waals surface area contributed by atoms with E-state index in [4.69, 9.17) is 0 Å². The number of hydrogen-bond donors (Lipinski definition) is 1.